The molecule has 2 fully saturated rings. The molecule has 114 valence electrons. The number of nitrogens with zero attached hydrogens (tertiary/aromatic N) is 2. The third kappa shape index (κ3) is 2.95. The minimum absolute atomic E-state index is 0.167. The third-order valence-electron chi connectivity index (χ3n) is 4.76. The molecule has 2 aliphatic heterocycles. The summed E-state index contributed by atoms with van der Waals surface area (Å²) in [6, 6.07) is 10.4. The first-order valence-corrected chi connectivity index (χ1v) is 7.73. The Balaban J connectivity index is 1.71. The van der Waals surface area contributed by atoms with Gasteiger partial charge in [0.15, 0.2) is 0 Å². The molecule has 2 aliphatic rings. The highest BCUT2D eigenvalue weighted by Crippen LogP contribution is 2.29. The lowest BCUT2D eigenvalue weighted by atomic mass is 9.94. The molecular weight excluding hydrogens is 264 g/mol. The van der Waals surface area contributed by atoms with E-state index in [1.54, 1.807) is 0 Å². The van der Waals surface area contributed by atoms with Crippen molar-refractivity contribution in [2.45, 2.75) is 18.5 Å². The highest BCUT2D eigenvalue weighted by molar-refractivity contribution is 5.85. The van der Waals surface area contributed by atoms with Gasteiger partial charge in [-0.05, 0) is 12.0 Å². The summed E-state index contributed by atoms with van der Waals surface area (Å²) in [7, 11) is 0. The van der Waals surface area contributed by atoms with Gasteiger partial charge in [0.05, 0.1) is 0 Å². The molecule has 0 radical (unpaired) electrons. The van der Waals surface area contributed by atoms with Crippen LogP contribution in [0.3, 0.4) is 0 Å². The fourth-order valence-electron chi connectivity index (χ4n) is 3.56. The monoisotopic (exact) mass is 288 g/mol. The Labute approximate surface area is 126 Å². The first-order valence-electron chi connectivity index (χ1n) is 7.73. The number of primary amides is 1. The molecule has 5 nitrogen and oxygen atoms in total. The fourth-order valence-corrected chi connectivity index (χ4v) is 3.56. The number of hydrogen-bond donors (Lipinski definition) is 2. The predicted molar refractivity (Wildman–Crippen MR) is 82.7 cm³/mol. The molecule has 1 atom stereocenters. The van der Waals surface area contributed by atoms with E-state index in [2.05, 4.69) is 39.4 Å². The van der Waals surface area contributed by atoms with Crippen LogP contribution in [0.5, 0.6) is 0 Å². The first kappa shape index (κ1) is 14.5. The summed E-state index contributed by atoms with van der Waals surface area (Å²) < 4.78 is 0. The van der Waals surface area contributed by atoms with Gasteiger partial charge in [0.2, 0.25) is 5.91 Å². The number of amides is 1. The molecule has 0 aliphatic carbocycles. The Morgan fingerprint density at radius 1 is 1.19 bits per heavy atom. The van der Waals surface area contributed by atoms with E-state index in [1.165, 1.54) is 5.56 Å². The summed E-state index contributed by atoms with van der Waals surface area (Å²) in [5, 5.41) is 3.34. The number of piperazine rings is 1. The van der Waals surface area contributed by atoms with Crippen molar-refractivity contribution in [3.05, 3.63) is 35.9 Å². The summed E-state index contributed by atoms with van der Waals surface area (Å²) in [5.74, 6) is -0.167. The zero-order valence-corrected chi connectivity index (χ0v) is 12.4. The zero-order chi connectivity index (χ0) is 14.7. The predicted octanol–water partition coefficient (Wildman–Crippen LogP) is 0.0216. The van der Waals surface area contributed by atoms with Crippen LogP contribution in [0.15, 0.2) is 30.3 Å². The van der Waals surface area contributed by atoms with Crippen molar-refractivity contribution in [3.63, 3.8) is 0 Å². The van der Waals surface area contributed by atoms with Crippen LogP contribution in [0.2, 0.25) is 0 Å². The Morgan fingerprint density at radius 2 is 1.90 bits per heavy atom. The normalized spacial score (nSPS) is 27.8. The summed E-state index contributed by atoms with van der Waals surface area (Å²) in [4.78, 5) is 16.8. The van der Waals surface area contributed by atoms with E-state index >= 15 is 0 Å². The molecule has 1 amide bonds. The average molecular weight is 288 g/mol. The van der Waals surface area contributed by atoms with Gasteiger partial charge in [-0.25, -0.2) is 0 Å². The molecular formula is C16H24N4O. The van der Waals surface area contributed by atoms with Gasteiger partial charge in [-0.2, -0.15) is 0 Å². The molecule has 2 heterocycles. The van der Waals surface area contributed by atoms with Crippen molar-refractivity contribution < 1.29 is 4.79 Å². The Bertz CT molecular complexity index is 486. The first-order chi connectivity index (χ1) is 10.2. The second-order valence-electron chi connectivity index (χ2n) is 6.08. The zero-order valence-electron chi connectivity index (χ0n) is 12.4. The Hall–Kier alpha value is -1.43. The maximum absolute atomic E-state index is 12.2. The topological polar surface area (TPSA) is 61.6 Å². The van der Waals surface area contributed by atoms with Gasteiger partial charge >= 0.3 is 0 Å². The molecule has 1 aromatic carbocycles. The largest absolute Gasteiger partial charge is 0.368 e. The number of benzene rings is 1. The molecule has 0 aromatic heterocycles. The summed E-state index contributed by atoms with van der Waals surface area (Å²) in [5.41, 5.74) is 6.61. The van der Waals surface area contributed by atoms with Crippen LogP contribution in [0.1, 0.15) is 12.0 Å². The van der Waals surface area contributed by atoms with Crippen molar-refractivity contribution >= 4 is 5.91 Å². The standard InChI is InChI=1S/C16H24N4O/c17-15(21)16(20-10-7-18-8-11-20)6-9-19(13-16)12-14-4-2-1-3-5-14/h1-5,18H,6-13H2,(H2,17,21). The van der Waals surface area contributed by atoms with Crippen LogP contribution in [0.25, 0.3) is 0 Å². The SMILES string of the molecule is NC(=O)C1(N2CCNCC2)CCN(Cc2ccccc2)C1. The Morgan fingerprint density at radius 3 is 2.57 bits per heavy atom. The average Bonchev–Trinajstić information content (AvgIpc) is 2.94. The molecule has 1 aromatic rings. The van der Waals surface area contributed by atoms with Gasteiger partial charge in [-0.15, -0.1) is 0 Å². The minimum Gasteiger partial charge on any atom is -0.368 e. The number of carbonyl (C=O) groups excluding carboxylic acids is 1. The molecule has 3 rings (SSSR count). The van der Waals surface area contributed by atoms with Crippen molar-refractivity contribution in [1.29, 1.82) is 0 Å². The highest BCUT2D eigenvalue weighted by Gasteiger charge is 2.47. The van der Waals surface area contributed by atoms with E-state index in [-0.39, 0.29) is 5.91 Å². The number of nitrogens with one attached hydrogen (secondary N) is 1. The van der Waals surface area contributed by atoms with Gasteiger partial charge in [0, 0.05) is 45.8 Å². The van der Waals surface area contributed by atoms with Crippen LogP contribution < -0.4 is 11.1 Å². The smallest absolute Gasteiger partial charge is 0.239 e. The second kappa shape index (κ2) is 6.13. The number of hydrogen-bond acceptors (Lipinski definition) is 4. The Kier molecular flexibility index (Phi) is 4.24. The van der Waals surface area contributed by atoms with Crippen LogP contribution in [-0.4, -0.2) is 60.5 Å². The minimum atomic E-state index is -0.475. The van der Waals surface area contributed by atoms with Crippen LogP contribution >= 0.6 is 0 Å². The molecule has 21 heavy (non-hydrogen) atoms. The van der Waals surface area contributed by atoms with Gasteiger partial charge in [0.25, 0.3) is 0 Å². The summed E-state index contributed by atoms with van der Waals surface area (Å²) >= 11 is 0. The van der Waals surface area contributed by atoms with Crippen LogP contribution in [0.4, 0.5) is 0 Å². The number of likely N-dealkylation sites (tertiary alicyclic amines) is 1. The lowest BCUT2D eigenvalue weighted by molar-refractivity contribution is -0.130. The molecule has 0 saturated carbocycles. The molecule has 5 heteroatoms. The summed E-state index contributed by atoms with van der Waals surface area (Å²) in [6.45, 7) is 6.26. The molecule has 3 N–H and O–H groups in total. The quantitative estimate of drug-likeness (QED) is 0.820. The summed E-state index contributed by atoms with van der Waals surface area (Å²) in [6.07, 6.45) is 0.842. The lowest BCUT2D eigenvalue weighted by Gasteiger charge is -2.41. The van der Waals surface area contributed by atoms with Gasteiger partial charge in [-0.3, -0.25) is 14.6 Å². The molecule has 2 saturated heterocycles. The van der Waals surface area contributed by atoms with E-state index in [1.807, 2.05) is 6.07 Å². The number of carbonyl (C=O) groups is 1. The van der Waals surface area contributed by atoms with Crippen molar-refractivity contribution in [2.24, 2.45) is 5.73 Å². The molecule has 0 spiro atoms. The van der Waals surface area contributed by atoms with Crippen molar-refractivity contribution in [2.75, 3.05) is 39.3 Å². The van der Waals surface area contributed by atoms with Crippen LogP contribution in [0, 0.1) is 0 Å². The van der Waals surface area contributed by atoms with E-state index < -0.39 is 5.54 Å². The maximum atomic E-state index is 12.2. The molecule has 1 unspecified atom stereocenters. The van der Waals surface area contributed by atoms with Crippen molar-refractivity contribution in [1.82, 2.24) is 15.1 Å². The third-order valence-corrected chi connectivity index (χ3v) is 4.76. The van der Waals surface area contributed by atoms with E-state index in [9.17, 15) is 4.79 Å². The molecule has 0 bridgehead atoms. The van der Waals surface area contributed by atoms with Crippen molar-refractivity contribution in [3.8, 4) is 0 Å². The van der Waals surface area contributed by atoms with Gasteiger partial charge in [-0.1, -0.05) is 30.3 Å². The lowest BCUT2D eigenvalue weighted by Crippen LogP contribution is -2.63. The maximum Gasteiger partial charge on any atom is 0.239 e. The number of nitrogens with two attached hydrogens (primary N) is 1. The van der Waals surface area contributed by atoms with E-state index in [4.69, 9.17) is 5.73 Å². The van der Waals surface area contributed by atoms with E-state index in [0.29, 0.717) is 0 Å². The van der Waals surface area contributed by atoms with Crippen LogP contribution in [-0.2, 0) is 11.3 Å². The van der Waals surface area contributed by atoms with E-state index in [0.717, 1.165) is 52.2 Å². The second-order valence-corrected chi connectivity index (χ2v) is 6.08. The number of rotatable bonds is 4. The highest BCUT2D eigenvalue weighted by atomic mass is 16.1. The van der Waals surface area contributed by atoms with Gasteiger partial charge in [0.1, 0.15) is 5.54 Å². The van der Waals surface area contributed by atoms with Gasteiger partial charge < -0.3 is 11.1 Å². The fraction of sp³-hybridized carbons (Fsp3) is 0.562.